The summed E-state index contributed by atoms with van der Waals surface area (Å²) in [6.45, 7) is 35.4. The zero-order valence-corrected chi connectivity index (χ0v) is 80.4. The Labute approximate surface area is 769 Å². The van der Waals surface area contributed by atoms with Crippen LogP contribution in [0.5, 0.6) is 5.75 Å². The summed E-state index contributed by atoms with van der Waals surface area (Å²) in [5.41, 5.74) is 8.88. The highest BCUT2D eigenvalue weighted by Crippen LogP contribution is 2.37. The van der Waals surface area contributed by atoms with Crippen LogP contribution in [0.3, 0.4) is 0 Å². The topological polar surface area (TPSA) is 280 Å². The number of rotatable bonds is 31. The highest BCUT2D eigenvalue weighted by atomic mass is 32.2. The predicted molar refractivity (Wildman–Crippen MR) is 507 cm³/mol. The summed E-state index contributed by atoms with van der Waals surface area (Å²) in [6.07, 6.45) is 12.0. The maximum Gasteiger partial charge on any atom is 0.573 e. The first-order valence-corrected chi connectivity index (χ1v) is 51.4. The molecule has 0 bridgehead atoms. The van der Waals surface area contributed by atoms with Crippen LogP contribution < -0.4 is 17.7 Å². The standard InChI is InChI=1S/C25H34N4O3S.C25H33N3O3S.C24H28F3N3O4S.C24H31N3O3S/c1-18(2)16-29(25-8-5-21(14-26-25)19(3)4)33(30,31)23-6-7-24-22(13-23)15-27-28(24)17-20-9-11-32-12-10-20;1-19(2)16-27(17-22-6-4-5-20(3)13-22)32(29,30)24-7-8-25-23(14-24)15-26-28(25)18-21-9-11-31-12-10-21;1-17(2)15-30(20-3-5-21(6-4-20)34-24(25,26)27)35(31,32)22-7-8-23-19(13-22)14-28-29(23)16-18-9-11-33-12-10-18;1-18(2)16-27(23-7-5-4-6-19(23)3)31(28,29)22-8-9-24-21(14-22)15-25-26(24)17-20-10-12-30-13-11-20/h5-8,13-15,18-20H,9-12,16-17H2,1-4H3;4-8,13-15,19,21H,9-12,16-18H2,1-3H3;3-8,13-14,17-18H,9-12,15-16H2,1-2H3;4-9,14-15,18,20H,10-13,16-17H2,1-3H3. The summed E-state index contributed by atoms with van der Waals surface area (Å²) in [5, 5.41) is 21.3. The van der Waals surface area contributed by atoms with Gasteiger partial charge in [-0.25, -0.2) is 43.0 Å². The van der Waals surface area contributed by atoms with E-state index >= 15 is 0 Å². The van der Waals surface area contributed by atoms with E-state index in [1.54, 1.807) is 100 Å². The molecule has 16 rings (SSSR count). The molecule has 26 nitrogen and oxygen atoms in total. The van der Waals surface area contributed by atoms with Gasteiger partial charge in [-0.2, -0.15) is 24.7 Å². The second-order valence-corrected chi connectivity index (χ2v) is 44.3. The summed E-state index contributed by atoms with van der Waals surface area (Å²) in [6, 6.07) is 45.2. The molecule has 0 saturated carbocycles. The maximum absolute atomic E-state index is 13.7. The minimum absolute atomic E-state index is 0.0261. The molecule has 9 heterocycles. The maximum atomic E-state index is 13.7. The minimum atomic E-state index is -4.82. The molecule has 0 radical (unpaired) electrons. The molecule has 4 aliphatic heterocycles. The Morgan fingerprint density at radius 2 is 0.763 bits per heavy atom. The van der Waals surface area contributed by atoms with Gasteiger partial charge in [-0.15, -0.1) is 13.2 Å². The van der Waals surface area contributed by atoms with Crippen molar-refractivity contribution in [1.29, 1.82) is 0 Å². The van der Waals surface area contributed by atoms with Crippen LogP contribution in [0.15, 0.2) is 208 Å². The molecular formula is C98H126F3N13O13S4. The van der Waals surface area contributed by atoms with Crippen LogP contribution in [0.25, 0.3) is 43.6 Å². The highest BCUT2D eigenvalue weighted by molar-refractivity contribution is 7.93. The number of hydrogen-bond acceptors (Lipinski definition) is 18. The van der Waals surface area contributed by atoms with Gasteiger partial charge in [0.1, 0.15) is 11.6 Å². The number of para-hydroxylation sites is 1. The Bertz CT molecular complexity index is 6260. The van der Waals surface area contributed by atoms with Gasteiger partial charge in [0.15, 0.2) is 0 Å². The molecule has 0 N–H and O–H groups in total. The van der Waals surface area contributed by atoms with Crippen molar-refractivity contribution >= 4 is 101 Å². The van der Waals surface area contributed by atoms with Crippen molar-refractivity contribution < 1.29 is 70.5 Å². The molecule has 12 aromatic rings. The van der Waals surface area contributed by atoms with E-state index in [1.165, 1.54) is 20.7 Å². The largest absolute Gasteiger partial charge is 0.573 e. The van der Waals surface area contributed by atoms with Crippen molar-refractivity contribution in [2.24, 2.45) is 47.3 Å². The number of sulfonamides is 4. The summed E-state index contributed by atoms with van der Waals surface area (Å²) < 4.78 is 186. The van der Waals surface area contributed by atoms with Crippen LogP contribution >= 0.6 is 0 Å². The van der Waals surface area contributed by atoms with Crippen molar-refractivity contribution in [2.45, 2.75) is 199 Å². The molecule has 0 atom stereocenters. The van der Waals surface area contributed by atoms with E-state index in [4.69, 9.17) is 18.9 Å². The zero-order chi connectivity index (χ0) is 93.5. The number of ether oxygens (including phenoxy) is 5. The van der Waals surface area contributed by atoms with Crippen molar-refractivity contribution in [3.05, 3.63) is 211 Å². The molecule has 5 aromatic heterocycles. The van der Waals surface area contributed by atoms with Gasteiger partial charge in [-0.3, -0.25) is 27.3 Å². The van der Waals surface area contributed by atoms with E-state index in [1.807, 2.05) is 161 Å². The van der Waals surface area contributed by atoms with Crippen molar-refractivity contribution in [3.63, 3.8) is 0 Å². The number of benzene rings is 7. The summed E-state index contributed by atoms with van der Waals surface area (Å²) in [5.74, 6) is 2.99. The third kappa shape index (κ3) is 25.6. The van der Waals surface area contributed by atoms with Gasteiger partial charge in [0, 0.05) is 139 Å². The van der Waals surface area contributed by atoms with E-state index in [0.29, 0.717) is 76.8 Å². The molecule has 33 heteroatoms. The van der Waals surface area contributed by atoms with Gasteiger partial charge in [0.05, 0.1) is 77.8 Å². The lowest BCUT2D eigenvalue weighted by Crippen LogP contribution is -2.35. The number of aromatic nitrogens is 9. The van der Waals surface area contributed by atoms with E-state index in [9.17, 15) is 46.8 Å². The van der Waals surface area contributed by atoms with Crippen LogP contribution in [0.2, 0.25) is 0 Å². The number of pyridine rings is 1. The number of anilines is 3. The zero-order valence-electron chi connectivity index (χ0n) is 77.2. The Balaban J connectivity index is 0.000000149. The number of hydrogen-bond donors (Lipinski definition) is 0. The molecule has 706 valence electrons. The summed E-state index contributed by atoms with van der Waals surface area (Å²) in [7, 11) is -15.1. The fourth-order valence-corrected chi connectivity index (χ4v) is 23.5. The SMILES string of the molecule is CC(C)CN(c1ccc(C(C)C)cn1)S(=O)(=O)c1ccc2c(cnn2CC2CCOCC2)c1.CC(C)CN(c1ccc(OC(F)(F)F)cc1)S(=O)(=O)c1ccc2c(cnn2CC2CCOCC2)c1.Cc1cccc(CN(CC(C)C)S(=O)(=O)c2ccc3c(cnn3CC3CCOCC3)c2)c1.Cc1ccccc1N(CC(C)C)S(=O)(=O)c1ccc2c(cnn2CC2CCOCC2)c1. The first-order valence-electron chi connectivity index (χ1n) is 45.6. The molecule has 0 aliphatic carbocycles. The first kappa shape index (κ1) is 98.7. The average molecular weight is 1880 g/mol. The third-order valence-corrected chi connectivity index (χ3v) is 31.1. The number of aryl methyl sites for hydroxylation is 2. The van der Waals surface area contributed by atoms with E-state index in [0.717, 1.165) is 209 Å². The van der Waals surface area contributed by atoms with E-state index < -0.39 is 52.2 Å². The van der Waals surface area contributed by atoms with Crippen LogP contribution in [0, 0.1) is 61.2 Å². The number of fused-ring (bicyclic) bond motifs is 4. The number of halogens is 3. The number of nitrogens with zero attached hydrogens (tertiary/aromatic N) is 13. The molecule has 4 aliphatic rings. The first-order chi connectivity index (χ1) is 62.5. The Morgan fingerprint density at radius 3 is 1.12 bits per heavy atom. The molecule has 0 unspecified atom stereocenters. The van der Waals surface area contributed by atoms with Gasteiger partial charge in [0.25, 0.3) is 30.1 Å². The van der Waals surface area contributed by atoms with Gasteiger partial charge >= 0.3 is 6.36 Å². The van der Waals surface area contributed by atoms with Crippen LogP contribution in [0.4, 0.5) is 30.4 Å². The second kappa shape index (κ2) is 43.9. The third-order valence-electron chi connectivity index (χ3n) is 24.0. The van der Waals surface area contributed by atoms with Crippen LogP contribution in [-0.4, -0.2) is 167 Å². The smallest absolute Gasteiger partial charge is 0.406 e. The van der Waals surface area contributed by atoms with Crippen LogP contribution in [-0.2, 0) is 91.8 Å². The van der Waals surface area contributed by atoms with Crippen molar-refractivity contribution in [2.75, 3.05) is 91.9 Å². The lowest BCUT2D eigenvalue weighted by molar-refractivity contribution is -0.274. The second-order valence-electron chi connectivity index (χ2n) is 36.8. The molecular weight excluding hydrogens is 1750 g/mol. The van der Waals surface area contributed by atoms with Crippen molar-refractivity contribution in [3.8, 4) is 5.75 Å². The molecule has 0 spiro atoms. The molecule has 4 saturated heterocycles. The normalized spacial score (nSPS) is 15.6. The quantitative estimate of drug-likeness (QED) is 0.0390. The Kier molecular flexibility index (Phi) is 33.1. The Hall–Kier alpha value is -9.84. The minimum Gasteiger partial charge on any atom is -0.406 e. The predicted octanol–water partition coefficient (Wildman–Crippen LogP) is 19.3. The van der Waals surface area contributed by atoms with Gasteiger partial charge < -0.3 is 23.7 Å². The molecule has 7 aromatic carbocycles. The lowest BCUT2D eigenvalue weighted by Gasteiger charge is -2.27. The lowest BCUT2D eigenvalue weighted by atomic mass is 10.0. The summed E-state index contributed by atoms with van der Waals surface area (Å²) in [4.78, 5) is 5.47. The van der Waals surface area contributed by atoms with Crippen molar-refractivity contribution in [1.82, 2.24) is 48.4 Å². The monoisotopic (exact) mass is 1880 g/mol. The van der Waals surface area contributed by atoms with E-state index in [-0.39, 0.29) is 45.7 Å². The van der Waals surface area contributed by atoms with Gasteiger partial charge in [0.2, 0.25) is 10.0 Å². The summed E-state index contributed by atoms with van der Waals surface area (Å²) >= 11 is 0. The van der Waals surface area contributed by atoms with Gasteiger partial charge in [-0.1, -0.05) is 123 Å². The number of alkyl halides is 3. The van der Waals surface area contributed by atoms with Gasteiger partial charge in [-0.05, 0) is 244 Å². The fraction of sp³-hybridized carbons (Fsp3) is 0.480. The van der Waals surface area contributed by atoms with Crippen LogP contribution in [0.1, 0.15) is 149 Å². The van der Waals surface area contributed by atoms with E-state index in [2.05, 4.69) is 44.0 Å². The molecule has 131 heavy (non-hydrogen) atoms. The molecule has 0 amide bonds. The molecule has 4 fully saturated rings. The fourth-order valence-electron chi connectivity index (χ4n) is 16.9. The Morgan fingerprint density at radius 1 is 0.397 bits per heavy atom. The average Bonchev–Trinajstić information content (AvgIpc) is 1.77. The highest BCUT2D eigenvalue weighted by Gasteiger charge is 2.35.